The van der Waals surface area contributed by atoms with E-state index in [9.17, 15) is 0 Å². The molecule has 0 amide bonds. The highest BCUT2D eigenvalue weighted by Crippen LogP contribution is 2.32. The van der Waals surface area contributed by atoms with Crippen LogP contribution in [0.5, 0.6) is 5.75 Å². The molecule has 1 aliphatic carbocycles. The summed E-state index contributed by atoms with van der Waals surface area (Å²) in [5, 5.41) is 0. The first-order chi connectivity index (χ1) is 6.31. The van der Waals surface area contributed by atoms with Gasteiger partial charge >= 0.3 is 0 Å². The molecule has 1 atom stereocenters. The summed E-state index contributed by atoms with van der Waals surface area (Å²) < 4.78 is 4.64. The minimum Gasteiger partial charge on any atom is -0.384 e. The quantitative estimate of drug-likeness (QED) is 0.691. The Hall–Kier alpha value is -0.760. The molecule has 0 N–H and O–H groups in total. The SMILES string of the molecule is CC1CCCc2ncc(OCl)cc21. The first-order valence-corrected chi connectivity index (χ1v) is 4.89. The second kappa shape index (κ2) is 3.54. The molecule has 1 aromatic rings. The van der Waals surface area contributed by atoms with Crippen LogP contribution in [0.15, 0.2) is 12.3 Å². The maximum Gasteiger partial charge on any atom is 0.164 e. The number of hydrogen-bond acceptors (Lipinski definition) is 2. The molecule has 1 heterocycles. The zero-order chi connectivity index (χ0) is 9.26. The van der Waals surface area contributed by atoms with Crippen LogP contribution in [0.3, 0.4) is 0 Å². The van der Waals surface area contributed by atoms with Gasteiger partial charge in [0.05, 0.1) is 6.20 Å². The number of halogens is 1. The van der Waals surface area contributed by atoms with E-state index in [1.54, 1.807) is 6.20 Å². The van der Waals surface area contributed by atoms with Crippen LogP contribution in [-0.4, -0.2) is 4.98 Å². The van der Waals surface area contributed by atoms with E-state index in [-0.39, 0.29) is 0 Å². The lowest BCUT2D eigenvalue weighted by molar-refractivity contribution is 0.562. The number of aryl methyl sites for hydroxylation is 1. The second-order valence-corrected chi connectivity index (χ2v) is 3.73. The van der Waals surface area contributed by atoms with E-state index in [1.807, 2.05) is 6.07 Å². The molecule has 0 aromatic carbocycles. The monoisotopic (exact) mass is 197 g/mol. The Morgan fingerprint density at radius 2 is 2.46 bits per heavy atom. The number of aromatic nitrogens is 1. The molecule has 0 fully saturated rings. The smallest absolute Gasteiger partial charge is 0.164 e. The van der Waals surface area contributed by atoms with Gasteiger partial charge in [0, 0.05) is 5.69 Å². The van der Waals surface area contributed by atoms with Crippen molar-refractivity contribution in [3.8, 4) is 5.75 Å². The van der Waals surface area contributed by atoms with Crippen LogP contribution in [0.4, 0.5) is 0 Å². The van der Waals surface area contributed by atoms with Crippen molar-refractivity contribution in [3.05, 3.63) is 23.5 Å². The van der Waals surface area contributed by atoms with E-state index in [4.69, 9.17) is 11.9 Å². The molecule has 0 saturated heterocycles. The normalized spacial score (nSPS) is 20.9. The van der Waals surface area contributed by atoms with Gasteiger partial charge in [-0.2, -0.15) is 0 Å². The van der Waals surface area contributed by atoms with E-state index in [0.717, 1.165) is 6.42 Å². The van der Waals surface area contributed by atoms with Gasteiger partial charge in [0.2, 0.25) is 0 Å². The van der Waals surface area contributed by atoms with Gasteiger partial charge < -0.3 is 4.29 Å². The number of nitrogens with zero attached hydrogens (tertiary/aromatic N) is 1. The third kappa shape index (κ3) is 1.63. The fraction of sp³-hybridized carbons (Fsp3) is 0.500. The third-order valence-corrected chi connectivity index (χ3v) is 2.83. The Labute approximate surface area is 83.1 Å². The second-order valence-electron chi connectivity index (χ2n) is 3.58. The minimum atomic E-state index is 0.586. The summed E-state index contributed by atoms with van der Waals surface area (Å²) in [6.07, 6.45) is 5.24. The molecule has 0 aliphatic heterocycles. The Bertz CT molecular complexity index is 314. The Morgan fingerprint density at radius 3 is 3.23 bits per heavy atom. The van der Waals surface area contributed by atoms with E-state index >= 15 is 0 Å². The zero-order valence-electron chi connectivity index (χ0n) is 7.59. The van der Waals surface area contributed by atoms with Crippen LogP contribution in [-0.2, 0) is 6.42 Å². The largest absolute Gasteiger partial charge is 0.384 e. The molecule has 0 radical (unpaired) electrons. The van der Waals surface area contributed by atoms with Crippen molar-refractivity contribution in [2.24, 2.45) is 0 Å². The van der Waals surface area contributed by atoms with Crippen molar-refractivity contribution in [1.82, 2.24) is 4.98 Å². The molecule has 0 bridgehead atoms. The lowest BCUT2D eigenvalue weighted by Gasteiger charge is -2.21. The van der Waals surface area contributed by atoms with Crippen LogP contribution in [0.1, 0.15) is 36.9 Å². The average Bonchev–Trinajstić information content (AvgIpc) is 2.18. The minimum absolute atomic E-state index is 0.586. The summed E-state index contributed by atoms with van der Waals surface area (Å²) in [4.78, 5) is 4.33. The van der Waals surface area contributed by atoms with Crippen LogP contribution in [0.25, 0.3) is 0 Å². The predicted molar refractivity (Wildman–Crippen MR) is 52.1 cm³/mol. The van der Waals surface area contributed by atoms with Crippen LogP contribution < -0.4 is 4.29 Å². The number of rotatable bonds is 1. The van der Waals surface area contributed by atoms with Gasteiger partial charge in [-0.25, -0.2) is 0 Å². The first-order valence-electron chi connectivity index (χ1n) is 4.58. The maximum absolute atomic E-state index is 5.28. The highest BCUT2D eigenvalue weighted by atomic mass is 35.5. The molecule has 2 nitrogen and oxygen atoms in total. The highest BCUT2D eigenvalue weighted by molar-refractivity contribution is 6.09. The molecule has 70 valence electrons. The van der Waals surface area contributed by atoms with Crippen molar-refractivity contribution in [2.45, 2.75) is 32.1 Å². The van der Waals surface area contributed by atoms with Crippen molar-refractivity contribution in [1.29, 1.82) is 0 Å². The van der Waals surface area contributed by atoms with Gasteiger partial charge in [0.1, 0.15) is 11.9 Å². The van der Waals surface area contributed by atoms with Crippen LogP contribution in [0, 0.1) is 0 Å². The maximum atomic E-state index is 5.28. The van der Waals surface area contributed by atoms with E-state index < -0.39 is 0 Å². The van der Waals surface area contributed by atoms with E-state index in [1.165, 1.54) is 24.1 Å². The zero-order valence-corrected chi connectivity index (χ0v) is 8.34. The first kappa shape index (κ1) is 8.82. The fourth-order valence-corrected chi connectivity index (χ4v) is 1.98. The summed E-state index contributed by atoms with van der Waals surface area (Å²) in [5.74, 6) is 1.23. The Morgan fingerprint density at radius 1 is 1.62 bits per heavy atom. The molecular formula is C10H12ClNO. The van der Waals surface area contributed by atoms with Gasteiger partial charge in [0.25, 0.3) is 0 Å². The van der Waals surface area contributed by atoms with Gasteiger partial charge in [-0.1, -0.05) is 6.92 Å². The topological polar surface area (TPSA) is 22.1 Å². The van der Waals surface area contributed by atoms with Gasteiger partial charge in [0.15, 0.2) is 5.75 Å². The summed E-state index contributed by atoms with van der Waals surface area (Å²) in [6.45, 7) is 2.22. The average molecular weight is 198 g/mol. The summed E-state index contributed by atoms with van der Waals surface area (Å²) in [7, 11) is 0. The number of pyridine rings is 1. The van der Waals surface area contributed by atoms with Crippen molar-refractivity contribution >= 4 is 11.9 Å². The number of hydrogen-bond donors (Lipinski definition) is 0. The molecule has 0 spiro atoms. The lowest BCUT2D eigenvalue weighted by atomic mass is 9.87. The molecule has 1 unspecified atom stereocenters. The van der Waals surface area contributed by atoms with E-state index in [2.05, 4.69) is 16.2 Å². The van der Waals surface area contributed by atoms with E-state index in [0.29, 0.717) is 11.7 Å². The molecular weight excluding hydrogens is 186 g/mol. The Kier molecular flexibility index (Phi) is 2.40. The summed E-state index contributed by atoms with van der Waals surface area (Å²) in [6, 6.07) is 2.00. The highest BCUT2D eigenvalue weighted by Gasteiger charge is 2.17. The molecule has 3 heteroatoms. The standard InChI is InChI=1S/C10H12ClNO/c1-7-3-2-4-10-9(7)5-8(13-11)6-12-10/h5-7H,2-4H2,1H3. The van der Waals surface area contributed by atoms with Crippen LogP contribution >= 0.6 is 11.9 Å². The van der Waals surface area contributed by atoms with Crippen molar-refractivity contribution in [3.63, 3.8) is 0 Å². The third-order valence-electron chi connectivity index (χ3n) is 2.65. The summed E-state index contributed by atoms with van der Waals surface area (Å²) >= 11 is 5.28. The predicted octanol–water partition coefficient (Wildman–Crippen LogP) is 3.05. The van der Waals surface area contributed by atoms with Crippen LogP contribution in [0.2, 0.25) is 0 Å². The Balaban J connectivity index is 2.41. The summed E-state index contributed by atoms with van der Waals surface area (Å²) in [5.41, 5.74) is 2.50. The lowest BCUT2D eigenvalue weighted by Crippen LogP contribution is -2.08. The van der Waals surface area contributed by atoms with Crippen molar-refractivity contribution in [2.75, 3.05) is 0 Å². The van der Waals surface area contributed by atoms with Gasteiger partial charge in [-0.05, 0) is 36.8 Å². The molecule has 2 rings (SSSR count). The molecule has 13 heavy (non-hydrogen) atoms. The molecule has 1 aromatic heterocycles. The fourth-order valence-electron chi connectivity index (χ4n) is 1.90. The van der Waals surface area contributed by atoms with Gasteiger partial charge in [-0.3, -0.25) is 4.98 Å². The number of fused-ring (bicyclic) bond motifs is 1. The molecule has 0 saturated carbocycles. The molecule has 1 aliphatic rings. The van der Waals surface area contributed by atoms with Gasteiger partial charge in [-0.15, -0.1) is 0 Å². The van der Waals surface area contributed by atoms with Crippen molar-refractivity contribution < 1.29 is 4.29 Å².